The van der Waals surface area contributed by atoms with Crippen LogP contribution in [0.1, 0.15) is 52.5 Å². The summed E-state index contributed by atoms with van der Waals surface area (Å²) in [5, 5.41) is 10.9. The molecule has 0 saturated carbocycles. The minimum atomic E-state index is -0.555. The quantitative estimate of drug-likeness (QED) is 0.132. The molecule has 5 rings (SSSR count). The number of pyridine rings is 2. The van der Waals surface area contributed by atoms with Crippen molar-refractivity contribution in [1.29, 1.82) is 0 Å². The molecule has 0 atom stereocenters. The second-order valence-corrected chi connectivity index (χ2v) is 9.12. The summed E-state index contributed by atoms with van der Waals surface area (Å²) >= 11 is 0. The third kappa shape index (κ3) is 7.78. The second-order valence-electron chi connectivity index (χ2n) is 9.12. The molecule has 0 radical (unpaired) electrons. The van der Waals surface area contributed by atoms with Crippen molar-refractivity contribution in [3.05, 3.63) is 107 Å². The van der Waals surface area contributed by atoms with E-state index in [4.69, 9.17) is 4.42 Å². The van der Waals surface area contributed by atoms with Gasteiger partial charge in [-0.1, -0.05) is 94.1 Å². The zero-order valence-electron chi connectivity index (χ0n) is 21.6. The molecule has 5 aromatic rings. The van der Waals surface area contributed by atoms with E-state index < -0.39 is 5.95 Å². The van der Waals surface area contributed by atoms with E-state index in [2.05, 4.69) is 66.5 Å². The van der Waals surface area contributed by atoms with Crippen LogP contribution in [0.25, 0.3) is 44.0 Å². The number of rotatable bonds is 6. The normalized spacial score (nSPS) is 10.9. The summed E-state index contributed by atoms with van der Waals surface area (Å²) in [7, 11) is 0. The Labute approximate surface area is 238 Å². The van der Waals surface area contributed by atoms with Gasteiger partial charge in [-0.15, -0.1) is 30.3 Å². The molecule has 0 amide bonds. The number of aromatic nitrogens is 2. The molecular formula is C31H34FIrN4O. The van der Waals surface area contributed by atoms with Crippen molar-refractivity contribution >= 4 is 22.1 Å². The maximum absolute atomic E-state index is 13.3. The van der Waals surface area contributed by atoms with Gasteiger partial charge in [-0.2, -0.15) is 9.37 Å². The molecule has 0 spiro atoms. The van der Waals surface area contributed by atoms with Gasteiger partial charge in [0.15, 0.2) is 0 Å². The molecule has 200 valence electrons. The van der Waals surface area contributed by atoms with Crippen LogP contribution in [0.2, 0.25) is 0 Å². The van der Waals surface area contributed by atoms with Gasteiger partial charge in [-0.25, -0.2) is 6.17 Å². The predicted molar refractivity (Wildman–Crippen MR) is 151 cm³/mol. The van der Waals surface area contributed by atoms with Crippen molar-refractivity contribution in [3.8, 4) is 11.3 Å². The van der Waals surface area contributed by atoms with Crippen molar-refractivity contribution in [3.63, 3.8) is 0 Å². The molecule has 2 aromatic carbocycles. The molecule has 0 aliphatic heterocycles. The summed E-state index contributed by atoms with van der Waals surface area (Å²) in [6.07, 6.45) is -0.00815. The van der Waals surface area contributed by atoms with Gasteiger partial charge in [0.25, 0.3) is 0 Å². The van der Waals surface area contributed by atoms with Crippen molar-refractivity contribution in [1.82, 2.24) is 9.97 Å². The van der Waals surface area contributed by atoms with E-state index >= 15 is 0 Å². The summed E-state index contributed by atoms with van der Waals surface area (Å²) < 4.78 is 19.0. The van der Waals surface area contributed by atoms with Crippen LogP contribution in [0.15, 0.2) is 77.2 Å². The van der Waals surface area contributed by atoms with Crippen LogP contribution in [-0.4, -0.2) is 22.1 Å². The summed E-state index contributed by atoms with van der Waals surface area (Å²) in [6.45, 7) is 10.3. The van der Waals surface area contributed by atoms with E-state index in [0.29, 0.717) is 23.4 Å². The fraction of sp³-hybridized carbons (Fsp3) is 0.290. The van der Waals surface area contributed by atoms with Crippen molar-refractivity contribution < 1.29 is 28.9 Å². The van der Waals surface area contributed by atoms with E-state index in [1.165, 1.54) is 11.6 Å². The topological polar surface area (TPSA) is 67.1 Å². The van der Waals surface area contributed by atoms with E-state index in [1.54, 1.807) is 6.07 Å². The first-order chi connectivity index (χ1) is 17.3. The van der Waals surface area contributed by atoms with Crippen LogP contribution in [0.5, 0.6) is 0 Å². The number of halogens is 1. The molecule has 7 heteroatoms. The molecule has 0 fully saturated rings. The van der Waals surface area contributed by atoms with Crippen LogP contribution in [-0.2, 0) is 20.1 Å². The summed E-state index contributed by atoms with van der Waals surface area (Å²) in [5.74, 6) is -0.555. The SMILES string of the molecule is C.CC(C)[N-]C([N-]C(C)C)c1ccccc1.Cc1cccc(-c2[c-]ccc3c2oc2nc(F)ccc23)n1.[Ir+3]. The Morgan fingerprint density at radius 1 is 0.816 bits per heavy atom. The van der Waals surface area contributed by atoms with E-state index in [1.807, 2.05) is 55.5 Å². The number of nitrogens with zero attached hydrogens (tertiary/aromatic N) is 4. The van der Waals surface area contributed by atoms with Gasteiger partial charge >= 0.3 is 20.1 Å². The van der Waals surface area contributed by atoms with Gasteiger partial charge in [0, 0.05) is 11.1 Å². The van der Waals surface area contributed by atoms with Gasteiger partial charge < -0.3 is 20.0 Å². The van der Waals surface area contributed by atoms with Crippen LogP contribution in [0, 0.1) is 18.9 Å². The molecule has 0 saturated heterocycles. The third-order valence-electron chi connectivity index (χ3n) is 5.39. The number of fused-ring (bicyclic) bond motifs is 3. The maximum Gasteiger partial charge on any atom is 3.00 e. The Balaban J connectivity index is 0.000000268. The zero-order valence-corrected chi connectivity index (χ0v) is 24.0. The largest absolute Gasteiger partial charge is 3.00 e. The second kappa shape index (κ2) is 14.3. The fourth-order valence-electron chi connectivity index (χ4n) is 3.87. The standard InChI is InChI=1S/C17H10FN2O.C13H20N2.CH4.Ir/c1-10-4-2-7-14(19-10)13-6-3-5-11-12-8-9-15(18)20-17(12)21-16(11)13;1-10(2)14-13(15-11(3)4)12-8-6-5-7-9-12;;/h2-5,7-9H,1H3;5-11,13H,1-4H3;1H4;/q-1;-2;;+3. The zero-order chi connectivity index (χ0) is 25.7. The molecule has 0 bridgehead atoms. The third-order valence-corrected chi connectivity index (χ3v) is 5.39. The Morgan fingerprint density at radius 2 is 1.50 bits per heavy atom. The monoisotopic (exact) mass is 690 g/mol. The molecule has 0 aliphatic carbocycles. The molecule has 3 heterocycles. The molecule has 0 N–H and O–H groups in total. The van der Waals surface area contributed by atoms with Gasteiger partial charge in [-0.05, 0) is 30.8 Å². The van der Waals surface area contributed by atoms with Crippen molar-refractivity contribution in [2.75, 3.05) is 0 Å². The summed E-state index contributed by atoms with van der Waals surface area (Å²) in [5.41, 5.74) is 4.55. The molecule has 3 aromatic heterocycles. The average Bonchev–Trinajstić information content (AvgIpc) is 3.21. The molecule has 5 nitrogen and oxygen atoms in total. The minimum Gasteiger partial charge on any atom is -0.672 e. The molecule has 38 heavy (non-hydrogen) atoms. The first kappa shape index (κ1) is 31.3. The molecule has 0 aliphatic rings. The number of benzene rings is 2. The minimum absolute atomic E-state index is 0. The summed E-state index contributed by atoms with van der Waals surface area (Å²) in [4.78, 5) is 8.29. The first-order valence-electron chi connectivity index (χ1n) is 12.1. The van der Waals surface area contributed by atoms with E-state index in [0.717, 1.165) is 27.7 Å². The van der Waals surface area contributed by atoms with Crippen LogP contribution < -0.4 is 0 Å². The molecular weight excluding hydrogens is 656 g/mol. The Hall–Kier alpha value is -2.96. The Morgan fingerprint density at radius 3 is 2.13 bits per heavy atom. The number of hydrogen-bond acceptors (Lipinski definition) is 3. The van der Waals surface area contributed by atoms with Gasteiger partial charge in [0.2, 0.25) is 11.7 Å². The van der Waals surface area contributed by atoms with Gasteiger partial charge in [0.05, 0.1) is 5.58 Å². The van der Waals surface area contributed by atoms with Gasteiger partial charge in [-0.3, -0.25) is 0 Å². The number of aryl methyl sites for hydroxylation is 1. The first-order valence-corrected chi connectivity index (χ1v) is 12.1. The van der Waals surface area contributed by atoms with Crippen molar-refractivity contribution in [2.45, 2.75) is 60.3 Å². The Kier molecular flexibility index (Phi) is 11.7. The number of furan rings is 1. The maximum atomic E-state index is 13.3. The van der Waals surface area contributed by atoms with Crippen molar-refractivity contribution in [2.24, 2.45) is 0 Å². The smallest absolute Gasteiger partial charge is 0.672 e. The molecule has 0 unspecified atom stereocenters. The van der Waals surface area contributed by atoms with E-state index in [-0.39, 0.29) is 33.7 Å². The van der Waals surface area contributed by atoms with Crippen LogP contribution >= 0.6 is 0 Å². The van der Waals surface area contributed by atoms with E-state index in [9.17, 15) is 4.39 Å². The Bertz CT molecular complexity index is 1430. The predicted octanol–water partition coefficient (Wildman–Crippen LogP) is 9.17. The fourth-order valence-corrected chi connectivity index (χ4v) is 3.87. The van der Waals surface area contributed by atoms with Gasteiger partial charge in [0.1, 0.15) is 0 Å². The number of hydrogen-bond donors (Lipinski definition) is 0. The van der Waals surface area contributed by atoms with Crippen LogP contribution in [0.4, 0.5) is 4.39 Å². The summed E-state index contributed by atoms with van der Waals surface area (Å²) in [6, 6.07) is 26.5. The van der Waals surface area contributed by atoms with Crippen LogP contribution in [0.3, 0.4) is 0 Å². The average molecular weight is 690 g/mol.